The number of halogens is 2. The lowest BCUT2D eigenvalue weighted by Gasteiger charge is -2.14. The third kappa shape index (κ3) is 4.17. The molecule has 0 aliphatic heterocycles. The van der Waals surface area contributed by atoms with Crippen LogP contribution >= 0.6 is 23.2 Å². The minimum atomic E-state index is -0.478. The molecule has 0 unspecified atom stereocenters. The topological polar surface area (TPSA) is 55.2 Å². The zero-order valence-corrected chi connectivity index (χ0v) is 12.9. The number of benzene rings is 2. The van der Waals surface area contributed by atoms with Gasteiger partial charge >= 0.3 is 0 Å². The Morgan fingerprint density at radius 1 is 1.19 bits per heavy atom. The summed E-state index contributed by atoms with van der Waals surface area (Å²) in [6.45, 7) is 2.54. The van der Waals surface area contributed by atoms with E-state index >= 15 is 0 Å². The first-order valence-electron chi connectivity index (χ1n) is 6.39. The van der Waals surface area contributed by atoms with Crippen molar-refractivity contribution in [1.29, 1.82) is 0 Å². The molecule has 21 heavy (non-hydrogen) atoms. The first kappa shape index (κ1) is 15.8. The van der Waals surface area contributed by atoms with Crippen LogP contribution in [0.25, 0.3) is 0 Å². The van der Waals surface area contributed by atoms with Crippen LogP contribution in [0.2, 0.25) is 10.0 Å². The van der Waals surface area contributed by atoms with Crippen LogP contribution in [0.15, 0.2) is 42.5 Å². The number of rotatable bonds is 5. The van der Waals surface area contributed by atoms with Gasteiger partial charge in [-0.05, 0) is 36.2 Å². The molecule has 0 heterocycles. The maximum Gasteiger partial charge on any atom is 0.288 e. The fourth-order valence-corrected chi connectivity index (χ4v) is 2.26. The van der Waals surface area contributed by atoms with Gasteiger partial charge < -0.3 is 5.32 Å². The van der Waals surface area contributed by atoms with Crippen molar-refractivity contribution in [1.82, 2.24) is 5.32 Å². The van der Waals surface area contributed by atoms with Crippen LogP contribution in [0.4, 0.5) is 5.69 Å². The second-order valence-corrected chi connectivity index (χ2v) is 5.54. The number of hydrogen-bond acceptors (Lipinski definition) is 3. The number of nitro benzene ring substituents is 1. The Balaban J connectivity index is 2.04. The minimum absolute atomic E-state index is 0.0740. The Kier molecular flexibility index (Phi) is 5.17. The fraction of sp³-hybridized carbons (Fsp3) is 0.200. The molecule has 2 rings (SSSR count). The van der Waals surface area contributed by atoms with Gasteiger partial charge in [0.15, 0.2) is 0 Å². The van der Waals surface area contributed by atoms with E-state index in [4.69, 9.17) is 23.2 Å². The molecule has 0 amide bonds. The lowest BCUT2D eigenvalue weighted by atomic mass is 10.1. The van der Waals surface area contributed by atoms with E-state index in [1.54, 1.807) is 12.1 Å². The summed E-state index contributed by atoms with van der Waals surface area (Å²) in [6, 6.07) is 12.5. The van der Waals surface area contributed by atoms with Gasteiger partial charge in [0.1, 0.15) is 5.02 Å². The zero-order valence-electron chi connectivity index (χ0n) is 11.3. The normalized spacial score (nSPS) is 12.1. The molecule has 0 bridgehead atoms. The molecule has 2 aromatic rings. The van der Waals surface area contributed by atoms with E-state index in [9.17, 15) is 10.1 Å². The van der Waals surface area contributed by atoms with E-state index < -0.39 is 4.92 Å². The van der Waals surface area contributed by atoms with E-state index in [0.29, 0.717) is 11.6 Å². The smallest absolute Gasteiger partial charge is 0.288 e. The second-order valence-electron chi connectivity index (χ2n) is 4.70. The van der Waals surface area contributed by atoms with Crippen LogP contribution in [0, 0.1) is 10.1 Å². The molecule has 0 fully saturated rings. The first-order chi connectivity index (χ1) is 9.97. The molecular formula is C15H14Cl2N2O2. The zero-order chi connectivity index (χ0) is 15.4. The highest BCUT2D eigenvalue weighted by Gasteiger charge is 2.13. The van der Waals surface area contributed by atoms with E-state index in [1.807, 2.05) is 31.2 Å². The summed E-state index contributed by atoms with van der Waals surface area (Å²) < 4.78 is 0. The molecule has 110 valence electrons. The number of nitrogens with zero attached hydrogens (tertiary/aromatic N) is 1. The van der Waals surface area contributed by atoms with Crippen LogP contribution in [0.5, 0.6) is 0 Å². The standard InChI is InChI=1S/C15H14Cl2N2O2/c1-10(12-3-5-13(16)6-4-12)18-9-11-2-7-14(17)15(8-11)19(20)21/h2-8,10,18H,9H2,1H3/t10-/m1/s1. The van der Waals surface area contributed by atoms with Crippen molar-refractivity contribution in [3.8, 4) is 0 Å². The highest BCUT2D eigenvalue weighted by atomic mass is 35.5. The molecule has 0 aliphatic carbocycles. The van der Waals surface area contributed by atoms with E-state index in [2.05, 4.69) is 5.32 Å². The quantitative estimate of drug-likeness (QED) is 0.637. The first-order valence-corrected chi connectivity index (χ1v) is 7.14. The number of nitro groups is 1. The van der Waals surface area contributed by atoms with Gasteiger partial charge in [0.25, 0.3) is 5.69 Å². The Morgan fingerprint density at radius 3 is 2.48 bits per heavy atom. The molecule has 0 radical (unpaired) electrons. The van der Waals surface area contributed by atoms with Crippen molar-refractivity contribution in [2.24, 2.45) is 0 Å². The molecule has 0 aromatic heterocycles. The summed E-state index contributed by atoms with van der Waals surface area (Å²) in [5.41, 5.74) is 1.84. The number of hydrogen-bond donors (Lipinski definition) is 1. The SMILES string of the molecule is C[C@@H](NCc1ccc(Cl)c([N+](=O)[O-])c1)c1ccc(Cl)cc1. The molecule has 2 aromatic carbocycles. The van der Waals surface area contributed by atoms with Crippen LogP contribution < -0.4 is 5.32 Å². The Hall–Kier alpha value is -1.62. The molecule has 1 N–H and O–H groups in total. The van der Waals surface area contributed by atoms with Crippen molar-refractivity contribution >= 4 is 28.9 Å². The van der Waals surface area contributed by atoms with Gasteiger partial charge in [-0.2, -0.15) is 0 Å². The highest BCUT2D eigenvalue weighted by molar-refractivity contribution is 6.32. The highest BCUT2D eigenvalue weighted by Crippen LogP contribution is 2.25. The van der Waals surface area contributed by atoms with Crippen molar-refractivity contribution < 1.29 is 4.92 Å². The summed E-state index contributed by atoms with van der Waals surface area (Å²) in [7, 11) is 0. The molecule has 6 heteroatoms. The van der Waals surface area contributed by atoms with Gasteiger partial charge in [0.05, 0.1) is 4.92 Å². The van der Waals surface area contributed by atoms with Crippen molar-refractivity contribution in [3.05, 3.63) is 73.8 Å². The fourth-order valence-electron chi connectivity index (χ4n) is 1.95. The molecule has 0 spiro atoms. The molecule has 4 nitrogen and oxygen atoms in total. The molecular weight excluding hydrogens is 311 g/mol. The Labute approximate surface area is 132 Å². The molecule has 1 atom stereocenters. The maximum atomic E-state index is 10.9. The van der Waals surface area contributed by atoms with Gasteiger partial charge in [-0.1, -0.05) is 41.4 Å². The van der Waals surface area contributed by atoms with E-state index in [-0.39, 0.29) is 16.8 Å². The summed E-state index contributed by atoms with van der Waals surface area (Å²) in [6.07, 6.45) is 0. The predicted octanol–water partition coefficient (Wildman–Crippen LogP) is 4.75. The average Bonchev–Trinajstić information content (AvgIpc) is 2.46. The summed E-state index contributed by atoms with van der Waals surface area (Å²) in [5.74, 6) is 0. The van der Waals surface area contributed by atoms with Crippen molar-refractivity contribution in [2.75, 3.05) is 0 Å². The monoisotopic (exact) mass is 324 g/mol. The Bertz CT molecular complexity index is 645. The largest absolute Gasteiger partial charge is 0.306 e. The van der Waals surface area contributed by atoms with Gasteiger partial charge in [-0.15, -0.1) is 0 Å². The second kappa shape index (κ2) is 6.89. The molecule has 0 saturated heterocycles. The number of nitrogens with one attached hydrogen (secondary N) is 1. The van der Waals surface area contributed by atoms with Crippen LogP contribution in [-0.2, 0) is 6.54 Å². The van der Waals surface area contributed by atoms with E-state index in [0.717, 1.165) is 11.1 Å². The van der Waals surface area contributed by atoms with E-state index in [1.165, 1.54) is 6.07 Å². The minimum Gasteiger partial charge on any atom is -0.306 e. The van der Waals surface area contributed by atoms with Crippen LogP contribution in [0.3, 0.4) is 0 Å². The van der Waals surface area contributed by atoms with Crippen LogP contribution in [-0.4, -0.2) is 4.92 Å². The third-order valence-corrected chi connectivity index (χ3v) is 3.76. The van der Waals surface area contributed by atoms with Crippen molar-refractivity contribution in [3.63, 3.8) is 0 Å². The summed E-state index contributed by atoms with van der Waals surface area (Å²) >= 11 is 11.6. The van der Waals surface area contributed by atoms with Gasteiger partial charge in [-0.3, -0.25) is 10.1 Å². The molecule has 0 saturated carbocycles. The Morgan fingerprint density at radius 2 is 1.86 bits per heavy atom. The third-order valence-electron chi connectivity index (χ3n) is 3.19. The lowest BCUT2D eigenvalue weighted by molar-refractivity contribution is -0.384. The van der Waals surface area contributed by atoms with Crippen LogP contribution in [0.1, 0.15) is 24.1 Å². The molecule has 0 aliphatic rings. The van der Waals surface area contributed by atoms with Gasteiger partial charge in [0.2, 0.25) is 0 Å². The van der Waals surface area contributed by atoms with Gasteiger partial charge in [-0.25, -0.2) is 0 Å². The average molecular weight is 325 g/mol. The summed E-state index contributed by atoms with van der Waals surface area (Å²) in [5, 5.41) is 15.0. The maximum absolute atomic E-state index is 10.9. The van der Waals surface area contributed by atoms with Gasteiger partial charge in [0, 0.05) is 23.7 Å². The predicted molar refractivity (Wildman–Crippen MR) is 84.8 cm³/mol. The summed E-state index contributed by atoms with van der Waals surface area (Å²) in [4.78, 5) is 10.4. The lowest BCUT2D eigenvalue weighted by Crippen LogP contribution is -2.18. The van der Waals surface area contributed by atoms with Crippen molar-refractivity contribution in [2.45, 2.75) is 19.5 Å².